The molecule has 1 aromatic carbocycles. The van der Waals surface area contributed by atoms with Gasteiger partial charge in [-0.3, -0.25) is 14.4 Å². The number of carbonyl (C=O) groups excluding carboxylic acids is 2. The van der Waals surface area contributed by atoms with Crippen LogP contribution < -0.4 is 5.32 Å². The standard InChI is InChI=1S/C18H24N2O4/c1-13(18(23)24)19-17(22)15-10-7-9-14(12-15)8-5-4-6-11-16(21)20(2)3/h5,7-10,12-13H,4,6,11H2,1-3H3,(H,19,22)(H,23,24). The second kappa shape index (κ2) is 9.50. The van der Waals surface area contributed by atoms with E-state index in [0.717, 1.165) is 18.4 Å². The molecule has 0 bridgehead atoms. The van der Waals surface area contributed by atoms with Crippen LogP contribution in [0, 0.1) is 0 Å². The van der Waals surface area contributed by atoms with Crippen molar-refractivity contribution < 1.29 is 19.5 Å². The van der Waals surface area contributed by atoms with Crippen molar-refractivity contribution in [3.63, 3.8) is 0 Å². The molecular formula is C18H24N2O4. The Balaban J connectivity index is 2.56. The minimum Gasteiger partial charge on any atom is -0.480 e. The number of amides is 2. The number of nitrogens with zero attached hydrogens (tertiary/aromatic N) is 1. The third-order valence-corrected chi connectivity index (χ3v) is 3.44. The van der Waals surface area contributed by atoms with E-state index in [2.05, 4.69) is 5.32 Å². The fourth-order valence-electron chi connectivity index (χ4n) is 1.94. The third-order valence-electron chi connectivity index (χ3n) is 3.44. The lowest BCUT2D eigenvalue weighted by molar-refractivity contribution is -0.138. The highest BCUT2D eigenvalue weighted by atomic mass is 16.4. The molecular weight excluding hydrogens is 308 g/mol. The summed E-state index contributed by atoms with van der Waals surface area (Å²) in [5.74, 6) is -1.39. The predicted octanol–water partition coefficient (Wildman–Crippen LogP) is 2.16. The number of carboxylic acid groups (broad SMARTS) is 1. The Morgan fingerprint density at radius 3 is 2.62 bits per heavy atom. The maximum atomic E-state index is 12.0. The Labute approximate surface area is 142 Å². The summed E-state index contributed by atoms with van der Waals surface area (Å²) in [7, 11) is 3.47. The van der Waals surface area contributed by atoms with Crippen molar-refractivity contribution in [1.29, 1.82) is 0 Å². The Hall–Kier alpha value is -2.63. The van der Waals surface area contributed by atoms with Gasteiger partial charge in [-0.15, -0.1) is 0 Å². The first-order valence-electron chi connectivity index (χ1n) is 7.81. The molecule has 1 aromatic rings. The van der Waals surface area contributed by atoms with E-state index in [1.807, 2.05) is 18.2 Å². The molecule has 0 radical (unpaired) electrons. The van der Waals surface area contributed by atoms with E-state index < -0.39 is 17.9 Å². The van der Waals surface area contributed by atoms with Crippen molar-refractivity contribution in [2.75, 3.05) is 14.1 Å². The molecule has 6 heteroatoms. The minimum absolute atomic E-state index is 0.106. The Kier molecular flexibility index (Phi) is 7.68. The van der Waals surface area contributed by atoms with Crippen LogP contribution in [0.3, 0.4) is 0 Å². The number of allylic oxidation sites excluding steroid dienone is 1. The number of hydrogen-bond donors (Lipinski definition) is 2. The van der Waals surface area contributed by atoms with Crippen molar-refractivity contribution in [2.24, 2.45) is 0 Å². The molecule has 2 amide bonds. The molecule has 0 spiro atoms. The molecule has 0 aliphatic heterocycles. The predicted molar refractivity (Wildman–Crippen MR) is 92.6 cm³/mol. The van der Waals surface area contributed by atoms with Crippen molar-refractivity contribution in [3.05, 3.63) is 41.5 Å². The molecule has 1 rings (SSSR count). The highest BCUT2D eigenvalue weighted by Gasteiger charge is 2.15. The number of hydrogen-bond acceptors (Lipinski definition) is 3. The van der Waals surface area contributed by atoms with Gasteiger partial charge in [0.25, 0.3) is 5.91 Å². The summed E-state index contributed by atoms with van der Waals surface area (Å²) in [6, 6.07) is 6.00. The average Bonchev–Trinajstić information content (AvgIpc) is 2.54. The monoisotopic (exact) mass is 332 g/mol. The van der Waals surface area contributed by atoms with Gasteiger partial charge in [-0.2, -0.15) is 0 Å². The van der Waals surface area contributed by atoms with Crippen LogP contribution in [-0.2, 0) is 9.59 Å². The van der Waals surface area contributed by atoms with Gasteiger partial charge in [0.15, 0.2) is 0 Å². The molecule has 0 aliphatic rings. The maximum absolute atomic E-state index is 12.0. The lowest BCUT2D eigenvalue weighted by atomic mass is 10.1. The number of benzene rings is 1. The zero-order valence-electron chi connectivity index (χ0n) is 14.3. The first-order valence-corrected chi connectivity index (χ1v) is 7.81. The molecule has 0 saturated carbocycles. The normalized spacial score (nSPS) is 12.0. The zero-order valence-corrected chi connectivity index (χ0v) is 14.3. The Morgan fingerprint density at radius 2 is 2.00 bits per heavy atom. The fourth-order valence-corrected chi connectivity index (χ4v) is 1.94. The van der Waals surface area contributed by atoms with E-state index in [0.29, 0.717) is 12.0 Å². The highest BCUT2D eigenvalue weighted by molar-refractivity contribution is 5.96. The lowest BCUT2D eigenvalue weighted by Gasteiger charge is -2.09. The second-order valence-electron chi connectivity index (χ2n) is 5.74. The molecule has 0 fully saturated rings. The summed E-state index contributed by atoms with van der Waals surface area (Å²) in [5, 5.41) is 11.2. The van der Waals surface area contributed by atoms with Gasteiger partial charge in [0, 0.05) is 26.1 Å². The van der Waals surface area contributed by atoms with Crippen LogP contribution in [0.4, 0.5) is 0 Å². The molecule has 0 heterocycles. The number of nitrogens with one attached hydrogen (secondary N) is 1. The minimum atomic E-state index is -1.08. The van der Waals surface area contributed by atoms with Gasteiger partial charge >= 0.3 is 5.97 Å². The largest absolute Gasteiger partial charge is 0.480 e. The summed E-state index contributed by atoms with van der Waals surface area (Å²) < 4.78 is 0. The van der Waals surface area contributed by atoms with Gasteiger partial charge in [-0.1, -0.05) is 24.3 Å². The van der Waals surface area contributed by atoms with E-state index in [-0.39, 0.29) is 5.91 Å². The van der Waals surface area contributed by atoms with E-state index in [1.54, 1.807) is 37.2 Å². The summed E-state index contributed by atoms with van der Waals surface area (Å²) in [4.78, 5) is 35.8. The van der Waals surface area contributed by atoms with Crippen molar-refractivity contribution >= 4 is 23.9 Å². The van der Waals surface area contributed by atoms with E-state index in [9.17, 15) is 14.4 Å². The summed E-state index contributed by atoms with van der Waals surface area (Å²) in [6.45, 7) is 1.42. The Bertz CT molecular complexity index is 623. The van der Waals surface area contributed by atoms with Gasteiger partial charge < -0.3 is 15.3 Å². The quantitative estimate of drug-likeness (QED) is 0.714. The van der Waals surface area contributed by atoms with E-state index in [4.69, 9.17) is 5.11 Å². The van der Waals surface area contributed by atoms with Crippen LogP contribution in [0.5, 0.6) is 0 Å². The Morgan fingerprint density at radius 1 is 1.29 bits per heavy atom. The highest BCUT2D eigenvalue weighted by Crippen LogP contribution is 2.09. The molecule has 24 heavy (non-hydrogen) atoms. The van der Waals surface area contributed by atoms with Gasteiger partial charge in [-0.25, -0.2) is 0 Å². The van der Waals surface area contributed by atoms with Crippen LogP contribution in [0.2, 0.25) is 0 Å². The number of unbranched alkanes of at least 4 members (excludes halogenated alkanes) is 1. The summed E-state index contributed by atoms with van der Waals surface area (Å²) >= 11 is 0. The maximum Gasteiger partial charge on any atom is 0.325 e. The van der Waals surface area contributed by atoms with Crippen LogP contribution in [0.1, 0.15) is 42.1 Å². The zero-order chi connectivity index (χ0) is 18.1. The van der Waals surface area contributed by atoms with Crippen molar-refractivity contribution in [2.45, 2.75) is 32.2 Å². The average molecular weight is 332 g/mol. The number of carbonyl (C=O) groups is 3. The molecule has 0 aromatic heterocycles. The first kappa shape index (κ1) is 19.4. The van der Waals surface area contributed by atoms with Crippen LogP contribution in [-0.4, -0.2) is 47.9 Å². The topological polar surface area (TPSA) is 86.7 Å². The number of rotatable bonds is 8. The molecule has 1 unspecified atom stereocenters. The first-order chi connectivity index (χ1) is 11.3. The van der Waals surface area contributed by atoms with Gasteiger partial charge in [0.05, 0.1) is 0 Å². The van der Waals surface area contributed by atoms with Crippen LogP contribution in [0.25, 0.3) is 6.08 Å². The number of aliphatic carboxylic acids is 1. The molecule has 1 atom stereocenters. The molecule has 0 saturated heterocycles. The molecule has 6 nitrogen and oxygen atoms in total. The molecule has 0 aliphatic carbocycles. The molecule has 130 valence electrons. The smallest absolute Gasteiger partial charge is 0.325 e. The fraction of sp³-hybridized carbons (Fsp3) is 0.389. The van der Waals surface area contributed by atoms with Gasteiger partial charge in [0.1, 0.15) is 6.04 Å². The van der Waals surface area contributed by atoms with Crippen molar-refractivity contribution in [1.82, 2.24) is 10.2 Å². The summed E-state index contributed by atoms with van der Waals surface area (Å²) in [6.07, 6.45) is 5.89. The SMILES string of the molecule is CC(NC(=O)c1cccc(C=CCCCC(=O)N(C)C)c1)C(=O)O. The molecule has 2 N–H and O–H groups in total. The summed E-state index contributed by atoms with van der Waals surface area (Å²) in [5.41, 5.74) is 1.26. The van der Waals surface area contributed by atoms with Gasteiger partial charge in [-0.05, 0) is 37.5 Å². The second-order valence-corrected chi connectivity index (χ2v) is 5.74. The third kappa shape index (κ3) is 6.64. The van der Waals surface area contributed by atoms with Crippen molar-refractivity contribution in [3.8, 4) is 0 Å². The van der Waals surface area contributed by atoms with Gasteiger partial charge in [0.2, 0.25) is 5.91 Å². The van der Waals surface area contributed by atoms with E-state index >= 15 is 0 Å². The van der Waals surface area contributed by atoms with E-state index in [1.165, 1.54) is 6.92 Å². The lowest BCUT2D eigenvalue weighted by Crippen LogP contribution is -2.38. The number of carboxylic acids is 1. The van der Waals surface area contributed by atoms with Crippen LogP contribution >= 0.6 is 0 Å². The van der Waals surface area contributed by atoms with Crippen LogP contribution in [0.15, 0.2) is 30.3 Å².